The normalized spacial score (nSPS) is 15.9. The number of rotatable bonds is 8. The second kappa shape index (κ2) is 10.4. The summed E-state index contributed by atoms with van der Waals surface area (Å²) >= 11 is 0. The third-order valence-corrected chi connectivity index (χ3v) is 7.35. The fourth-order valence-corrected chi connectivity index (χ4v) is 4.65. The van der Waals surface area contributed by atoms with Crippen LogP contribution in [0.1, 0.15) is 16.8 Å². The van der Waals surface area contributed by atoms with E-state index in [4.69, 9.17) is 0 Å². The average molecular weight is 496 g/mol. The van der Waals surface area contributed by atoms with E-state index >= 15 is 0 Å². The molecule has 184 valence electrons. The standard InChI is InChI=1S/C24H29N7O3S/c1-25-35(33,34)21-6-4-5-19(13-21)29-23-14-22(26-16-27-23)28-18-9-7-17(8-10-18)24(32)31-12-11-20(15-31)30(2)3/h4-10,13-14,16,20,25H,11-12,15H2,1-3H3,(H2,26,27,28,29)/t20-/m1/s1. The summed E-state index contributed by atoms with van der Waals surface area (Å²) in [5.41, 5.74) is 2.00. The first-order valence-electron chi connectivity index (χ1n) is 11.2. The van der Waals surface area contributed by atoms with Crippen LogP contribution in [0, 0.1) is 0 Å². The molecule has 0 saturated carbocycles. The molecule has 1 aliphatic rings. The molecule has 4 rings (SSSR count). The van der Waals surface area contributed by atoms with Gasteiger partial charge in [-0.3, -0.25) is 4.79 Å². The second-order valence-electron chi connectivity index (χ2n) is 8.51. The summed E-state index contributed by atoms with van der Waals surface area (Å²) < 4.78 is 26.4. The summed E-state index contributed by atoms with van der Waals surface area (Å²) in [4.78, 5) is 25.5. The molecule has 0 unspecified atom stereocenters. The Morgan fingerprint density at radius 3 is 2.31 bits per heavy atom. The Balaban J connectivity index is 1.41. The van der Waals surface area contributed by atoms with E-state index in [0.717, 1.165) is 25.2 Å². The Kier molecular flexibility index (Phi) is 7.29. The Hall–Kier alpha value is -3.54. The largest absolute Gasteiger partial charge is 0.340 e. The maximum absolute atomic E-state index is 12.8. The predicted octanol–water partition coefficient (Wildman–Crippen LogP) is 2.65. The van der Waals surface area contributed by atoms with Crippen molar-refractivity contribution in [2.45, 2.75) is 17.4 Å². The van der Waals surface area contributed by atoms with Crippen LogP contribution in [0.15, 0.2) is 65.8 Å². The number of anilines is 4. The number of likely N-dealkylation sites (N-methyl/N-ethyl adjacent to an activating group) is 1. The van der Waals surface area contributed by atoms with Crippen LogP contribution in [0.5, 0.6) is 0 Å². The minimum atomic E-state index is -3.55. The lowest BCUT2D eigenvalue weighted by Gasteiger charge is -2.20. The van der Waals surface area contributed by atoms with Crippen LogP contribution in [-0.2, 0) is 10.0 Å². The first kappa shape index (κ1) is 24.6. The van der Waals surface area contributed by atoms with Gasteiger partial charge < -0.3 is 20.4 Å². The maximum Gasteiger partial charge on any atom is 0.253 e. The topological polar surface area (TPSA) is 120 Å². The SMILES string of the molecule is CNS(=O)(=O)c1cccc(Nc2cc(Nc3ccc(C(=O)N4CC[C@@H](N(C)C)C4)cc3)ncn2)c1. The summed E-state index contributed by atoms with van der Waals surface area (Å²) in [6, 6.07) is 15.9. The molecule has 1 saturated heterocycles. The summed E-state index contributed by atoms with van der Waals surface area (Å²) in [6.07, 6.45) is 2.39. The zero-order valence-electron chi connectivity index (χ0n) is 19.9. The molecule has 10 nitrogen and oxygen atoms in total. The van der Waals surface area contributed by atoms with Crippen molar-refractivity contribution in [1.82, 2.24) is 24.5 Å². The lowest BCUT2D eigenvalue weighted by Crippen LogP contribution is -2.34. The average Bonchev–Trinajstić information content (AvgIpc) is 3.35. The zero-order chi connectivity index (χ0) is 25.0. The van der Waals surface area contributed by atoms with Gasteiger partial charge in [0.25, 0.3) is 5.91 Å². The maximum atomic E-state index is 12.8. The molecule has 35 heavy (non-hydrogen) atoms. The van der Waals surface area contributed by atoms with Gasteiger partial charge >= 0.3 is 0 Å². The van der Waals surface area contributed by atoms with Crippen LogP contribution in [0.3, 0.4) is 0 Å². The highest BCUT2D eigenvalue weighted by molar-refractivity contribution is 7.89. The predicted molar refractivity (Wildman–Crippen MR) is 136 cm³/mol. The van der Waals surface area contributed by atoms with Crippen LogP contribution in [-0.4, -0.2) is 74.4 Å². The molecule has 3 N–H and O–H groups in total. The minimum absolute atomic E-state index is 0.0388. The number of sulfonamides is 1. The smallest absolute Gasteiger partial charge is 0.253 e. The molecule has 3 aromatic rings. The minimum Gasteiger partial charge on any atom is -0.340 e. The van der Waals surface area contributed by atoms with Gasteiger partial charge in [-0.2, -0.15) is 0 Å². The summed E-state index contributed by atoms with van der Waals surface area (Å²) in [5, 5.41) is 6.30. The van der Waals surface area contributed by atoms with E-state index in [1.807, 2.05) is 43.3 Å². The molecule has 2 aromatic carbocycles. The van der Waals surface area contributed by atoms with Crippen molar-refractivity contribution in [2.75, 3.05) is 44.9 Å². The van der Waals surface area contributed by atoms with E-state index in [-0.39, 0.29) is 10.8 Å². The molecule has 0 radical (unpaired) electrons. The Bertz CT molecular complexity index is 1300. The molecule has 2 heterocycles. The second-order valence-corrected chi connectivity index (χ2v) is 10.4. The van der Waals surface area contributed by atoms with E-state index in [1.165, 1.54) is 25.5 Å². The van der Waals surface area contributed by atoms with E-state index < -0.39 is 10.0 Å². The number of nitrogens with one attached hydrogen (secondary N) is 3. The van der Waals surface area contributed by atoms with Crippen LogP contribution < -0.4 is 15.4 Å². The van der Waals surface area contributed by atoms with Gasteiger partial charge in [-0.05, 0) is 70.0 Å². The van der Waals surface area contributed by atoms with Crippen molar-refractivity contribution in [3.63, 3.8) is 0 Å². The number of likely N-dealkylation sites (tertiary alicyclic amines) is 1. The van der Waals surface area contributed by atoms with Crippen LogP contribution in [0.25, 0.3) is 0 Å². The molecule has 1 aromatic heterocycles. The number of amides is 1. The molecule has 1 amide bonds. The fourth-order valence-electron chi connectivity index (χ4n) is 3.88. The molecular formula is C24H29N7O3S. The highest BCUT2D eigenvalue weighted by atomic mass is 32.2. The molecule has 0 bridgehead atoms. The van der Waals surface area contributed by atoms with Gasteiger partial charge in [0.1, 0.15) is 18.0 Å². The number of benzene rings is 2. The Labute approximate surface area is 205 Å². The number of carbonyl (C=O) groups excluding carboxylic acids is 1. The molecular weight excluding hydrogens is 466 g/mol. The third kappa shape index (κ3) is 5.94. The van der Waals surface area contributed by atoms with Gasteiger partial charge in [0.15, 0.2) is 0 Å². The van der Waals surface area contributed by atoms with Crippen molar-refractivity contribution in [1.29, 1.82) is 0 Å². The van der Waals surface area contributed by atoms with Crippen LogP contribution in [0.4, 0.5) is 23.0 Å². The highest BCUT2D eigenvalue weighted by Crippen LogP contribution is 2.22. The van der Waals surface area contributed by atoms with E-state index in [2.05, 4.69) is 30.2 Å². The van der Waals surface area contributed by atoms with Crippen molar-refractivity contribution < 1.29 is 13.2 Å². The quantitative estimate of drug-likeness (QED) is 0.436. The monoisotopic (exact) mass is 495 g/mol. The number of hydrogen-bond acceptors (Lipinski definition) is 8. The van der Waals surface area contributed by atoms with Gasteiger partial charge in [0.2, 0.25) is 10.0 Å². The van der Waals surface area contributed by atoms with Crippen molar-refractivity contribution in [3.05, 3.63) is 66.5 Å². The third-order valence-electron chi connectivity index (χ3n) is 5.94. The first-order chi connectivity index (χ1) is 16.7. The highest BCUT2D eigenvalue weighted by Gasteiger charge is 2.27. The Morgan fingerprint density at radius 2 is 1.69 bits per heavy atom. The van der Waals surface area contributed by atoms with Crippen LogP contribution >= 0.6 is 0 Å². The summed E-state index contributed by atoms with van der Waals surface area (Å²) in [6.45, 7) is 1.51. The van der Waals surface area contributed by atoms with Crippen molar-refractivity contribution in [3.8, 4) is 0 Å². The van der Waals surface area contributed by atoms with Crippen LogP contribution in [0.2, 0.25) is 0 Å². The van der Waals surface area contributed by atoms with E-state index in [9.17, 15) is 13.2 Å². The molecule has 1 atom stereocenters. The van der Waals surface area contributed by atoms with Gasteiger partial charge in [-0.1, -0.05) is 6.07 Å². The van der Waals surface area contributed by atoms with Crippen molar-refractivity contribution >= 4 is 38.9 Å². The number of hydrogen-bond donors (Lipinski definition) is 3. The van der Waals surface area contributed by atoms with Gasteiger partial charge in [0, 0.05) is 42.1 Å². The van der Waals surface area contributed by atoms with Gasteiger partial charge in [0.05, 0.1) is 4.90 Å². The zero-order valence-corrected chi connectivity index (χ0v) is 20.7. The fraction of sp³-hybridized carbons (Fsp3) is 0.292. The van der Waals surface area contributed by atoms with Crippen molar-refractivity contribution in [2.24, 2.45) is 0 Å². The Morgan fingerprint density at radius 1 is 1.00 bits per heavy atom. The van der Waals surface area contributed by atoms with E-state index in [0.29, 0.717) is 28.9 Å². The van der Waals surface area contributed by atoms with E-state index in [1.54, 1.807) is 18.2 Å². The number of aromatic nitrogens is 2. The summed E-state index contributed by atoms with van der Waals surface area (Å²) in [7, 11) is 1.90. The summed E-state index contributed by atoms with van der Waals surface area (Å²) in [5.74, 6) is 1.09. The molecule has 1 fully saturated rings. The number of carbonyl (C=O) groups is 1. The molecule has 1 aliphatic heterocycles. The van der Waals surface area contributed by atoms with Gasteiger partial charge in [-0.15, -0.1) is 0 Å². The molecule has 0 aliphatic carbocycles. The van der Waals surface area contributed by atoms with Gasteiger partial charge in [-0.25, -0.2) is 23.1 Å². The number of nitrogens with zero attached hydrogens (tertiary/aromatic N) is 4. The first-order valence-corrected chi connectivity index (χ1v) is 12.7. The molecule has 0 spiro atoms. The lowest BCUT2D eigenvalue weighted by molar-refractivity contribution is 0.0783. The lowest BCUT2D eigenvalue weighted by atomic mass is 10.2. The molecule has 11 heteroatoms.